The Hall–Kier alpha value is -1.13. The first kappa shape index (κ1) is 13.3. The number of halogens is 1. The van der Waals surface area contributed by atoms with Gasteiger partial charge in [0, 0.05) is 18.2 Å². The summed E-state index contributed by atoms with van der Waals surface area (Å²) in [4.78, 5) is 0. The average Bonchev–Trinajstić information content (AvgIpc) is 2.42. The minimum atomic E-state index is -0.264. The molecule has 0 atom stereocenters. The van der Waals surface area contributed by atoms with Crippen LogP contribution in [0.2, 0.25) is 0 Å². The van der Waals surface area contributed by atoms with Gasteiger partial charge < -0.3 is 14.8 Å². The van der Waals surface area contributed by atoms with Crippen LogP contribution in [0.5, 0.6) is 5.75 Å². The van der Waals surface area contributed by atoms with E-state index in [1.807, 2.05) is 0 Å². The van der Waals surface area contributed by atoms with Gasteiger partial charge in [-0.2, -0.15) is 0 Å². The molecule has 1 heterocycles. The van der Waals surface area contributed by atoms with Crippen LogP contribution in [0.15, 0.2) is 18.2 Å². The Labute approximate surface area is 107 Å². The van der Waals surface area contributed by atoms with Crippen LogP contribution < -0.4 is 10.1 Å². The van der Waals surface area contributed by atoms with E-state index < -0.39 is 0 Å². The summed E-state index contributed by atoms with van der Waals surface area (Å²) in [5.41, 5.74) is 0.588. The first-order valence-corrected chi connectivity index (χ1v) is 6.40. The van der Waals surface area contributed by atoms with Crippen LogP contribution in [-0.4, -0.2) is 26.8 Å². The predicted octanol–water partition coefficient (Wildman–Crippen LogP) is 2.35. The number of ether oxygens (including phenoxy) is 2. The van der Waals surface area contributed by atoms with Crippen molar-refractivity contribution in [2.75, 3.05) is 26.8 Å². The molecule has 100 valence electrons. The second kappa shape index (κ2) is 6.71. The van der Waals surface area contributed by atoms with Gasteiger partial charge in [-0.25, -0.2) is 4.39 Å². The van der Waals surface area contributed by atoms with Gasteiger partial charge in [-0.3, -0.25) is 0 Å². The number of hydrogen-bond donors (Lipinski definition) is 1. The maximum atomic E-state index is 13.6. The van der Waals surface area contributed by atoms with Gasteiger partial charge in [0.15, 0.2) is 0 Å². The molecule has 0 unspecified atom stereocenters. The Balaban J connectivity index is 1.79. The van der Waals surface area contributed by atoms with E-state index in [-0.39, 0.29) is 5.82 Å². The number of rotatable bonds is 5. The average molecular weight is 253 g/mol. The summed E-state index contributed by atoms with van der Waals surface area (Å²) < 4.78 is 24.2. The first-order valence-electron chi connectivity index (χ1n) is 6.40. The number of benzene rings is 1. The van der Waals surface area contributed by atoms with Crippen molar-refractivity contribution in [2.45, 2.75) is 19.4 Å². The van der Waals surface area contributed by atoms with E-state index in [1.54, 1.807) is 12.1 Å². The highest BCUT2D eigenvalue weighted by Gasteiger charge is 2.13. The molecule has 18 heavy (non-hydrogen) atoms. The van der Waals surface area contributed by atoms with Gasteiger partial charge in [0.2, 0.25) is 0 Å². The Morgan fingerprint density at radius 1 is 1.33 bits per heavy atom. The molecule has 1 aromatic rings. The van der Waals surface area contributed by atoms with E-state index in [2.05, 4.69) is 5.32 Å². The van der Waals surface area contributed by atoms with Crippen LogP contribution in [0.4, 0.5) is 4.39 Å². The summed E-state index contributed by atoms with van der Waals surface area (Å²) >= 11 is 0. The molecule has 1 saturated heterocycles. The summed E-state index contributed by atoms with van der Waals surface area (Å²) in [6, 6.07) is 4.87. The Bertz CT molecular complexity index is 378. The molecule has 4 heteroatoms. The van der Waals surface area contributed by atoms with Crippen molar-refractivity contribution in [3.8, 4) is 5.75 Å². The van der Waals surface area contributed by atoms with Crippen molar-refractivity contribution in [1.82, 2.24) is 5.32 Å². The van der Waals surface area contributed by atoms with Crippen LogP contribution >= 0.6 is 0 Å². The fourth-order valence-corrected chi connectivity index (χ4v) is 2.16. The third kappa shape index (κ3) is 3.68. The van der Waals surface area contributed by atoms with E-state index >= 15 is 0 Å². The quantitative estimate of drug-likeness (QED) is 0.873. The second-order valence-corrected chi connectivity index (χ2v) is 4.67. The van der Waals surface area contributed by atoms with E-state index in [0.29, 0.717) is 30.4 Å². The monoisotopic (exact) mass is 253 g/mol. The smallest absolute Gasteiger partial charge is 0.132 e. The van der Waals surface area contributed by atoms with Crippen LogP contribution in [0.1, 0.15) is 18.4 Å². The Morgan fingerprint density at radius 2 is 2.11 bits per heavy atom. The van der Waals surface area contributed by atoms with Gasteiger partial charge in [-0.1, -0.05) is 6.07 Å². The number of piperidine rings is 1. The minimum Gasteiger partial charge on any atom is -0.497 e. The van der Waals surface area contributed by atoms with Crippen molar-refractivity contribution in [3.63, 3.8) is 0 Å². The third-order valence-electron chi connectivity index (χ3n) is 3.33. The molecule has 0 aromatic heterocycles. The molecule has 1 aliphatic rings. The zero-order chi connectivity index (χ0) is 12.8. The molecule has 3 nitrogen and oxygen atoms in total. The highest BCUT2D eigenvalue weighted by Crippen LogP contribution is 2.18. The normalized spacial score (nSPS) is 16.8. The molecule has 1 aromatic carbocycles. The van der Waals surface area contributed by atoms with Gasteiger partial charge in [-0.15, -0.1) is 0 Å². The molecule has 0 radical (unpaired) electrons. The molecular weight excluding hydrogens is 233 g/mol. The third-order valence-corrected chi connectivity index (χ3v) is 3.33. The van der Waals surface area contributed by atoms with Crippen LogP contribution in [0.25, 0.3) is 0 Å². The van der Waals surface area contributed by atoms with Crippen molar-refractivity contribution in [2.24, 2.45) is 5.92 Å². The lowest BCUT2D eigenvalue weighted by atomic mass is 9.99. The van der Waals surface area contributed by atoms with Gasteiger partial charge >= 0.3 is 0 Å². The van der Waals surface area contributed by atoms with E-state index in [1.165, 1.54) is 13.2 Å². The van der Waals surface area contributed by atoms with Crippen LogP contribution in [-0.2, 0) is 11.3 Å². The Morgan fingerprint density at radius 3 is 2.78 bits per heavy atom. The summed E-state index contributed by atoms with van der Waals surface area (Å²) in [7, 11) is 1.53. The zero-order valence-corrected chi connectivity index (χ0v) is 10.7. The maximum Gasteiger partial charge on any atom is 0.132 e. The molecule has 1 N–H and O–H groups in total. The number of hydrogen-bond acceptors (Lipinski definition) is 3. The second-order valence-electron chi connectivity index (χ2n) is 4.67. The number of methoxy groups -OCH3 is 1. The topological polar surface area (TPSA) is 30.5 Å². The van der Waals surface area contributed by atoms with Gasteiger partial charge in [-0.05, 0) is 37.9 Å². The lowest BCUT2D eigenvalue weighted by Crippen LogP contribution is -2.29. The van der Waals surface area contributed by atoms with Crippen molar-refractivity contribution in [1.29, 1.82) is 0 Å². The fourth-order valence-electron chi connectivity index (χ4n) is 2.16. The summed E-state index contributed by atoms with van der Waals surface area (Å²) in [6.07, 6.45) is 2.29. The molecule has 2 rings (SSSR count). The fraction of sp³-hybridized carbons (Fsp3) is 0.571. The van der Waals surface area contributed by atoms with Gasteiger partial charge in [0.05, 0.1) is 13.7 Å². The van der Waals surface area contributed by atoms with E-state index in [0.717, 1.165) is 25.9 Å². The highest BCUT2D eigenvalue weighted by molar-refractivity contribution is 5.28. The molecule has 0 bridgehead atoms. The van der Waals surface area contributed by atoms with Crippen molar-refractivity contribution >= 4 is 0 Å². The summed E-state index contributed by atoms with van der Waals surface area (Å²) in [5.74, 6) is 0.877. The van der Waals surface area contributed by atoms with Crippen molar-refractivity contribution in [3.05, 3.63) is 29.6 Å². The first-order chi connectivity index (χ1) is 8.79. The van der Waals surface area contributed by atoms with Crippen LogP contribution in [0, 0.1) is 11.7 Å². The lowest BCUT2D eigenvalue weighted by molar-refractivity contribution is 0.0746. The highest BCUT2D eigenvalue weighted by atomic mass is 19.1. The summed E-state index contributed by atoms with van der Waals surface area (Å²) in [6.45, 7) is 3.17. The molecule has 1 fully saturated rings. The Kier molecular flexibility index (Phi) is 4.96. The SMILES string of the molecule is COc1ccc(COCC2CCNCC2)c(F)c1. The van der Waals surface area contributed by atoms with Gasteiger partial charge in [0.1, 0.15) is 11.6 Å². The molecule has 0 saturated carbocycles. The maximum absolute atomic E-state index is 13.6. The molecule has 0 aliphatic carbocycles. The predicted molar refractivity (Wildman–Crippen MR) is 68.2 cm³/mol. The zero-order valence-electron chi connectivity index (χ0n) is 10.7. The molecule has 1 aliphatic heterocycles. The van der Waals surface area contributed by atoms with Crippen molar-refractivity contribution < 1.29 is 13.9 Å². The van der Waals surface area contributed by atoms with Gasteiger partial charge in [0.25, 0.3) is 0 Å². The van der Waals surface area contributed by atoms with Crippen LogP contribution in [0.3, 0.4) is 0 Å². The minimum absolute atomic E-state index is 0.264. The number of nitrogens with one attached hydrogen (secondary N) is 1. The molecule has 0 spiro atoms. The lowest BCUT2D eigenvalue weighted by Gasteiger charge is -2.22. The summed E-state index contributed by atoms with van der Waals surface area (Å²) in [5, 5.41) is 3.32. The molecule has 0 amide bonds. The van der Waals surface area contributed by atoms with E-state index in [4.69, 9.17) is 9.47 Å². The standard InChI is InChI=1S/C14H20FNO2/c1-17-13-3-2-12(14(15)8-13)10-18-9-11-4-6-16-7-5-11/h2-3,8,11,16H,4-7,9-10H2,1H3. The molecular formula is C14H20FNO2. The van der Waals surface area contributed by atoms with E-state index in [9.17, 15) is 4.39 Å². The largest absolute Gasteiger partial charge is 0.497 e.